The van der Waals surface area contributed by atoms with Gasteiger partial charge in [-0.1, -0.05) is 54.6 Å². The van der Waals surface area contributed by atoms with Crippen LogP contribution in [0.25, 0.3) is 16.6 Å². The highest BCUT2D eigenvalue weighted by atomic mass is 19.4. The molecule has 0 saturated heterocycles. The van der Waals surface area contributed by atoms with Crippen LogP contribution in [0.4, 0.5) is 13.2 Å². The molecule has 3 nitrogen and oxygen atoms in total. The van der Waals surface area contributed by atoms with Crippen LogP contribution < -0.4 is 0 Å². The third-order valence-corrected chi connectivity index (χ3v) is 4.82. The molecule has 0 fully saturated rings. The highest BCUT2D eigenvalue weighted by molar-refractivity contribution is 5.81. The molecule has 0 bridgehead atoms. The summed E-state index contributed by atoms with van der Waals surface area (Å²) in [5, 5.41) is 15.5. The zero-order valence-corrected chi connectivity index (χ0v) is 14.8. The molecule has 0 radical (unpaired) electrons. The van der Waals surface area contributed by atoms with E-state index in [1.54, 1.807) is 41.1 Å². The standard InChI is InChI=1S/C22H17F3N2O/c23-22(24,25)21(28,14-16-7-3-1-4-8-16)18-11-12-20-17(13-18)15-26-27(20)19-9-5-2-6-10-19/h1-13,15,28H,14H2. The molecule has 0 amide bonds. The lowest BCUT2D eigenvalue weighted by atomic mass is 9.86. The molecule has 1 heterocycles. The Morgan fingerprint density at radius 3 is 2.14 bits per heavy atom. The van der Waals surface area contributed by atoms with Gasteiger partial charge in [0.15, 0.2) is 5.60 Å². The molecule has 0 aliphatic rings. The van der Waals surface area contributed by atoms with E-state index in [0.29, 0.717) is 16.5 Å². The topological polar surface area (TPSA) is 38.1 Å². The van der Waals surface area contributed by atoms with Gasteiger partial charge in [0.2, 0.25) is 0 Å². The summed E-state index contributed by atoms with van der Waals surface area (Å²) in [6.07, 6.45) is -3.88. The van der Waals surface area contributed by atoms with Gasteiger partial charge in [-0.15, -0.1) is 0 Å². The van der Waals surface area contributed by atoms with Crippen LogP contribution in [0.15, 0.2) is 85.1 Å². The van der Waals surface area contributed by atoms with Crippen LogP contribution in [0.1, 0.15) is 11.1 Å². The van der Waals surface area contributed by atoms with Crippen molar-refractivity contribution in [3.05, 3.63) is 96.2 Å². The van der Waals surface area contributed by atoms with E-state index in [1.165, 1.54) is 18.3 Å². The van der Waals surface area contributed by atoms with Crippen molar-refractivity contribution in [2.24, 2.45) is 0 Å². The summed E-state index contributed by atoms with van der Waals surface area (Å²) < 4.78 is 43.3. The molecule has 4 aromatic rings. The van der Waals surface area contributed by atoms with E-state index in [-0.39, 0.29) is 5.56 Å². The predicted molar refractivity (Wildman–Crippen MR) is 101 cm³/mol. The van der Waals surface area contributed by atoms with Gasteiger partial charge >= 0.3 is 6.18 Å². The number of aromatic nitrogens is 2. The van der Waals surface area contributed by atoms with Crippen LogP contribution >= 0.6 is 0 Å². The largest absolute Gasteiger partial charge is 0.421 e. The number of aliphatic hydroxyl groups is 1. The lowest BCUT2D eigenvalue weighted by Crippen LogP contribution is -2.44. The zero-order valence-electron chi connectivity index (χ0n) is 14.8. The second-order valence-electron chi connectivity index (χ2n) is 6.69. The summed E-state index contributed by atoms with van der Waals surface area (Å²) in [4.78, 5) is 0. The second-order valence-corrected chi connectivity index (χ2v) is 6.69. The Balaban J connectivity index is 1.79. The van der Waals surface area contributed by atoms with E-state index in [0.717, 1.165) is 5.69 Å². The maximum Gasteiger partial charge on any atom is 0.421 e. The third kappa shape index (κ3) is 3.16. The second kappa shape index (κ2) is 6.80. The van der Waals surface area contributed by atoms with Gasteiger partial charge in [-0.05, 0) is 35.4 Å². The summed E-state index contributed by atoms with van der Waals surface area (Å²) in [5.74, 6) is 0. The number of para-hydroxylation sites is 1. The van der Waals surface area contributed by atoms with Crippen molar-refractivity contribution in [3.8, 4) is 5.69 Å². The van der Waals surface area contributed by atoms with Gasteiger partial charge < -0.3 is 5.11 Å². The first-order chi connectivity index (χ1) is 13.4. The minimum atomic E-state index is -4.83. The van der Waals surface area contributed by atoms with Crippen molar-refractivity contribution in [3.63, 3.8) is 0 Å². The van der Waals surface area contributed by atoms with Crippen LogP contribution in [0.2, 0.25) is 0 Å². The zero-order chi connectivity index (χ0) is 19.8. The normalized spacial score (nSPS) is 14.1. The fraction of sp³-hybridized carbons (Fsp3) is 0.136. The van der Waals surface area contributed by atoms with E-state index in [4.69, 9.17) is 0 Å². The van der Waals surface area contributed by atoms with Gasteiger partial charge in [-0.2, -0.15) is 18.3 Å². The lowest BCUT2D eigenvalue weighted by Gasteiger charge is -2.31. The van der Waals surface area contributed by atoms with Crippen molar-refractivity contribution in [1.82, 2.24) is 9.78 Å². The van der Waals surface area contributed by atoms with Crippen LogP contribution in [0.3, 0.4) is 0 Å². The monoisotopic (exact) mass is 382 g/mol. The molecular formula is C22H17F3N2O. The average Bonchev–Trinajstić information content (AvgIpc) is 3.12. The summed E-state index contributed by atoms with van der Waals surface area (Å²) in [6, 6.07) is 21.7. The number of alkyl halides is 3. The number of nitrogens with zero attached hydrogens (tertiary/aromatic N) is 2. The quantitative estimate of drug-likeness (QED) is 0.538. The highest BCUT2D eigenvalue weighted by Crippen LogP contribution is 2.42. The fourth-order valence-corrected chi connectivity index (χ4v) is 3.32. The number of hydrogen-bond donors (Lipinski definition) is 1. The SMILES string of the molecule is OC(Cc1ccccc1)(c1ccc2c(cnn2-c2ccccc2)c1)C(F)(F)F. The molecule has 1 unspecified atom stereocenters. The minimum absolute atomic E-state index is 0.205. The summed E-state index contributed by atoms with van der Waals surface area (Å²) in [7, 11) is 0. The van der Waals surface area contributed by atoms with Crippen LogP contribution in [-0.4, -0.2) is 21.1 Å². The predicted octanol–water partition coefficient (Wildman–Crippen LogP) is 5.02. The van der Waals surface area contributed by atoms with Gasteiger partial charge in [-0.3, -0.25) is 0 Å². The Hall–Kier alpha value is -3.12. The number of benzene rings is 3. The number of halogens is 3. The third-order valence-electron chi connectivity index (χ3n) is 4.82. The number of hydrogen-bond acceptors (Lipinski definition) is 2. The Labute approximate surface area is 159 Å². The van der Waals surface area contributed by atoms with E-state index in [2.05, 4.69) is 5.10 Å². The molecule has 6 heteroatoms. The van der Waals surface area contributed by atoms with E-state index in [1.807, 2.05) is 30.3 Å². The molecule has 0 saturated carbocycles. The van der Waals surface area contributed by atoms with Gasteiger partial charge in [-0.25, -0.2) is 4.68 Å². The van der Waals surface area contributed by atoms with Crippen molar-refractivity contribution < 1.29 is 18.3 Å². The van der Waals surface area contributed by atoms with Crippen LogP contribution in [0, 0.1) is 0 Å². The Kier molecular flexibility index (Phi) is 4.43. The Morgan fingerprint density at radius 2 is 1.50 bits per heavy atom. The summed E-state index contributed by atoms with van der Waals surface area (Å²) >= 11 is 0. The first-order valence-corrected chi connectivity index (χ1v) is 8.75. The molecule has 1 N–H and O–H groups in total. The first kappa shape index (κ1) is 18.3. The first-order valence-electron chi connectivity index (χ1n) is 8.75. The molecule has 142 valence electrons. The Morgan fingerprint density at radius 1 is 0.857 bits per heavy atom. The van der Waals surface area contributed by atoms with Gasteiger partial charge in [0.05, 0.1) is 17.4 Å². The maximum absolute atomic E-state index is 13.9. The van der Waals surface area contributed by atoms with E-state index >= 15 is 0 Å². The van der Waals surface area contributed by atoms with Gasteiger partial charge in [0.1, 0.15) is 0 Å². The maximum atomic E-state index is 13.9. The smallest absolute Gasteiger partial charge is 0.376 e. The number of rotatable bonds is 4. The molecule has 4 rings (SSSR count). The van der Waals surface area contributed by atoms with Crippen molar-refractivity contribution in [2.45, 2.75) is 18.2 Å². The lowest BCUT2D eigenvalue weighted by molar-refractivity contribution is -0.266. The molecule has 0 aliphatic carbocycles. The van der Waals surface area contributed by atoms with E-state index < -0.39 is 18.2 Å². The minimum Gasteiger partial charge on any atom is -0.376 e. The van der Waals surface area contributed by atoms with Crippen LogP contribution in [-0.2, 0) is 12.0 Å². The summed E-state index contributed by atoms with van der Waals surface area (Å²) in [5.41, 5.74) is -1.32. The van der Waals surface area contributed by atoms with Crippen molar-refractivity contribution in [2.75, 3.05) is 0 Å². The average molecular weight is 382 g/mol. The van der Waals surface area contributed by atoms with Gasteiger partial charge in [0, 0.05) is 11.8 Å². The molecule has 1 atom stereocenters. The van der Waals surface area contributed by atoms with Crippen molar-refractivity contribution in [1.29, 1.82) is 0 Å². The molecule has 3 aromatic carbocycles. The molecule has 0 aliphatic heterocycles. The Bertz CT molecular complexity index is 1090. The van der Waals surface area contributed by atoms with Gasteiger partial charge in [0.25, 0.3) is 0 Å². The van der Waals surface area contributed by atoms with E-state index in [9.17, 15) is 18.3 Å². The molecular weight excluding hydrogens is 365 g/mol. The van der Waals surface area contributed by atoms with Crippen LogP contribution in [0.5, 0.6) is 0 Å². The fourth-order valence-electron chi connectivity index (χ4n) is 3.32. The molecule has 28 heavy (non-hydrogen) atoms. The molecule has 1 aromatic heterocycles. The molecule has 0 spiro atoms. The van der Waals surface area contributed by atoms with Crippen molar-refractivity contribution >= 4 is 10.9 Å². The summed E-state index contributed by atoms with van der Waals surface area (Å²) in [6.45, 7) is 0. The number of fused-ring (bicyclic) bond motifs is 1. The highest BCUT2D eigenvalue weighted by Gasteiger charge is 2.54.